The van der Waals surface area contributed by atoms with Gasteiger partial charge >= 0.3 is 7.82 Å². The monoisotopic (exact) mass is 287 g/mol. The molecule has 0 aromatic carbocycles. The van der Waals surface area contributed by atoms with Gasteiger partial charge in [-0.2, -0.15) is 15.0 Å². The van der Waals surface area contributed by atoms with Gasteiger partial charge in [0.2, 0.25) is 17.8 Å². The first-order valence-electron chi connectivity index (χ1n) is 2.99. The number of nitrogen functional groups attached to an aromatic ring is 3. The molecule has 1 aromatic heterocycles. The number of aromatic nitrogens is 3. The summed E-state index contributed by atoms with van der Waals surface area (Å²) in [7, 11) is -4.64. The van der Waals surface area contributed by atoms with E-state index in [0.717, 1.165) is 0 Å². The second-order valence-corrected chi connectivity index (χ2v) is 2.95. The van der Waals surface area contributed by atoms with Gasteiger partial charge in [-0.25, -0.2) is 4.57 Å². The first kappa shape index (κ1) is 16.5. The summed E-state index contributed by atoms with van der Waals surface area (Å²) in [5.74, 6) is 0.125. The summed E-state index contributed by atoms with van der Waals surface area (Å²) in [6.45, 7) is 0. The van der Waals surface area contributed by atoms with Gasteiger partial charge in [-0.15, -0.1) is 0 Å². The largest absolute Gasteiger partial charge is 0.466 e. The van der Waals surface area contributed by atoms with Crippen molar-refractivity contribution in [2.24, 2.45) is 0 Å². The van der Waals surface area contributed by atoms with Crippen molar-refractivity contribution in [2.45, 2.75) is 0 Å². The van der Waals surface area contributed by atoms with Crippen LogP contribution in [0.3, 0.4) is 0 Å². The summed E-state index contributed by atoms with van der Waals surface area (Å²) in [6.07, 6.45) is 0. The van der Waals surface area contributed by atoms with Crippen LogP contribution in [0.5, 0.6) is 0 Å². The molecular formula is C3H9CuN6O4P. The van der Waals surface area contributed by atoms with Crippen molar-refractivity contribution in [2.75, 3.05) is 17.2 Å². The van der Waals surface area contributed by atoms with Crippen LogP contribution in [0.2, 0.25) is 0 Å². The van der Waals surface area contributed by atoms with Crippen LogP contribution >= 0.6 is 7.82 Å². The van der Waals surface area contributed by atoms with Crippen molar-refractivity contribution in [3.8, 4) is 0 Å². The van der Waals surface area contributed by atoms with E-state index in [-0.39, 0.29) is 34.9 Å². The molecule has 0 saturated heterocycles. The molecule has 15 heavy (non-hydrogen) atoms. The second-order valence-electron chi connectivity index (χ2n) is 1.92. The van der Waals surface area contributed by atoms with Gasteiger partial charge < -0.3 is 31.9 Å². The van der Waals surface area contributed by atoms with E-state index >= 15 is 0 Å². The molecule has 0 atom stereocenters. The van der Waals surface area contributed by atoms with Gasteiger partial charge in [-0.05, 0) is 0 Å². The molecule has 0 aliphatic rings. The zero-order chi connectivity index (χ0) is 11.4. The van der Waals surface area contributed by atoms with Crippen LogP contribution in [0.1, 0.15) is 0 Å². The summed E-state index contributed by atoms with van der Waals surface area (Å²) < 4.78 is 8.88. The number of hydrogen-bond donors (Lipinski definition) is 6. The molecule has 1 rings (SSSR count). The Morgan fingerprint density at radius 3 is 1.13 bits per heavy atom. The van der Waals surface area contributed by atoms with Crippen LogP contribution in [0, 0.1) is 0 Å². The molecule has 1 heterocycles. The number of rotatable bonds is 0. The van der Waals surface area contributed by atoms with Gasteiger partial charge in [0.15, 0.2) is 0 Å². The molecule has 0 saturated carbocycles. The fourth-order valence-corrected chi connectivity index (χ4v) is 0.427. The van der Waals surface area contributed by atoms with Crippen LogP contribution in [0.25, 0.3) is 0 Å². The Balaban J connectivity index is 0. The normalized spacial score (nSPS) is 9.53. The third-order valence-electron chi connectivity index (χ3n) is 0.687. The van der Waals surface area contributed by atoms with Crippen molar-refractivity contribution in [3.05, 3.63) is 0 Å². The van der Waals surface area contributed by atoms with Crippen LogP contribution in [0.15, 0.2) is 0 Å². The van der Waals surface area contributed by atoms with E-state index in [1.165, 1.54) is 0 Å². The Morgan fingerprint density at radius 1 is 0.867 bits per heavy atom. The molecule has 12 heteroatoms. The molecule has 1 radical (unpaired) electrons. The van der Waals surface area contributed by atoms with E-state index in [9.17, 15) is 0 Å². The van der Waals surface area contributed by atoms with E-state index in [1.807, 2.05) is 0 Å². The van der Waals surface area contributed by atoms with Crippen LogP contribution in [-0.4, -0.2) is 29.6 Å². The van der Waals surface area contributed by atoms with E-state index < -0.39 is 7.82 Å². The Kier molecular flexibility index (Phi) is 7.15. The van der Waals surface area contributed by atoms with Gasteiger partial charge in [0.25, 0.3) is 0 Å². The minimum atomic E-state index is -4.64. The molecule has 0 aliphatic heterocycles. The van der Waals surface area contributed by atoms with Crippen molar-refractivity contribution in [1.29, 1.82) is 0 Å². The summed E-state index contributed by atoms with van der Waals surface area (Å²) in [5, 5.41) is 0. The smallest absolute Gasteiger partial charge is 0.368 e. The average molecular weight is 288 g/mol. The third-order valence-corrected chi connectivity index (χ3v) is 0.687. The molecule has 0 aliphatic carbocycles. The Bertz CT molecular complexity index is 297. The molecule has 0 spiro atoms. The molecule has 91 valence electrons. The topological polar surface area (TPSA) is 194 Å². The number of nitrogens with zero attached hydrogens (tertiary/aromatic N) is 3. The first-order chi connectivity index (χ1) is 6.18. The number of phosphoric acid groups is 1. The standard InChI is InChI=1S/C3H6N6.Cu.H3O4P/c4-1-7-2(5)9-3(6)8-1;;1-5(2,3)4/h(H6,4,5,6,7,8,9);;(H3,1,2,3,4). The molecular weight excluding hydrogens is 279 g/mol. The van der Waals surface area contributed by atoms with E-state index in [2.05, 4.69) is 15.0 Å². The molecule has 0 fully saturated rings. The summed E-state index contributed by atoms with van der Waals surface area (Å²) in [5.41, 5.74) is 15.4. The van der Waals surface area contributed by atoms with Gasteiger partial charge in [-0.3, -0.25) is 0 Å². The minimum absolute atomic E-state index is 0. The van der Waals surface area contributed by atoms with Gasteiger partial charge in [-0.1, -0.05) is 0 Å². The van der Waals surface area contributed by atoms with Crippen molar-refractivity contribution < 1.29 is 36.3 Å². The number of nitrogens with two attached hydrogens (primary N) is 3. The number of hydrogen-bond acceptors (Lipinski definition) is 7. The zero-order valence-corrected chi connectivity index (χ0v) is 8.91. The zero-order valence-electron chi connectivity index (χ0n) is 7.07. The first-order valence-corrected chi connectivity index (χ1v) is 4.56. The van der Waals surface area contributed by atoms with Crippen molar-refractivity contribution in [3.63, 3.8) is 0 Å². The fourth-order valence-electron chi connectivity index (χ4n) is 0.427. The van der Waals surface area contributed by atoms with E-state index in [1.54, 1.807) is 0 Å². The minimum Gasteiger partial charge on any atom is -0.368 e. The summed E-state index contributed by atoms with van der Waals surface area (Å²) >= 11 is 0. The van der Waals surface area contributed by atoms with Gasteiger partial charge in [0.05, 0.1) is 0 Å². The maximum absolute atomic E-state index is 8.88. The molecule has 10 nitrogen and oxygen atoms in total. The molecule has 9 N–H and O–H groups in total. The predicted octanol–water partition coefficient (Wildman–Crippen LogP) is -2.31. The van der Waals surface area contributed by atoms with E-state index in [4.69, 9.17) is 36.4 Å². The SMILES string of the molecule is Nc1nc(N)nc(N)n1.O=P(O)(O)O.[Cu]. The van der Waals surface area contributed by atoms with Gasteiger partial charge in [0.1, 0.15) is 0 Å². The molecule has 0 amide bonds. The quantitative estimate of drug-likeness (QED) is 0.223. The van der Waals surface area contributed by atoms with Crippen molar-refractivity contribution >= 4 is 25.7 Å². The molecule has 1 aromatic rings. The third kappa shape index (κ3) is 13.0. The maximum atomic E-state index is 8.88. The van der Waals surface area contributed by atoms with Gasteiger partial charge in [0, 0.05) is 17.1 Å². The Labute approximate surface area is 94.6 Å². The van der Waals surface area contributed by atoms with Crippen LogP contribution < -0.4 is 17.2 Å². The number of anilines is 3. The fraction of sp³-hybridized carbons (Fsp3) is 0. The summed E-state index contributed by atoms with van der Waals surface area (Å²) in [6, 6.07) is 0. The maximum Gasteiger partial charge on any atom is 0.466 e. The van der Waals surface area contributed by atoms with Crippen LogP contribution in [-0.2, 0) is 21.6 Å². The predicted molar refractivity (Wildman–Crippen MR) is 47.3 cm³/mol. The molecule has 0 unspecified atom stereocenters. The Hall–Kier alpha value is -0.961. The van der Waals surface area contributed by atoms with Crippen LogP contribution in [0.4, 0.5) is 17.8 Å². The summed E-state index contributed by atoms with van der Waals surface area (Å²) in [4.78, 5) is 32.0. The van der Waals surface area contributed by atoms with Crippen molar-refractivity contribution in [1.82, 2.24) is 15.0 Å². The molecule has 0 bridgehead atoms. The van der Waals surface area contributed by atoms with E-state index in [0.29, 0.717) is 0 Å². The Morgan fingerprint density at radius 2 is 1.00 bits per heavy atom. The average Bonchev–Trinajstić information content (AvgIpc) is 1.77. The second kappa shape index (κ2) is 6.51.